The molecule has 0 fully saturated rings. The van der Waals surface area contributed by atoms with Gasteiger partial charge in [0.05, 0.1) is 0 Å². The second kappa shape index (κ2) is 5.47. The Bertz CT molecular complexity index is 63.9. The summed E-state index contributed by atoms with van der Waals surface area (Å²) in [5.41, 5.74) is 5.46. The number of alkyl halides is 1. The zero-order chi connectivity index (χ0) is 7.28. The van der Waals surface area contributed by atoms with Gasteiger partial charge in [0.15, 0.2) is 0 Å². The first-order chi connectivity index (χ1) is 4.16. The Morgan fingerprint density at radius 2 is 1.89 bits per heavy atom. The van der Waals surface area contributed by atoms with Crippen LogP contribution in [0.1, 0.15) is 26.7 Å². The molecule has 0 rings (SSSR count). The van der Waals surface area contributed by atoms with Crippen LogP contribution in [-0.2, 0) is 0 Å². The molecule has 0 aromatic heterocycles. The molecule has 1 nitrogen and oxygen atoms in total. The molecule has 0 aliphatic carbocycles. The molecule has 0 aromatic rings. The molecular weight excluding hydrogens is 225 g/mol. The van der Waals surface area contributed by atoms with E-state index in [0.29, 0.717) is 5.92 Å². The first-order valence-electron chi connectivity index (χ1n) is 3.51. The third-order valence-corrected chi connectivity index (χ3v) is 2.08. The van der Waals surface area contributed by atoms with Crippen molar-refractivity contribution in [3.8, 4) is 0 Å². The summed E-state index contributed by atoms with van der Waals surface area (Å²) in [6, 6.07) is 0. The molecule has 2 heteroatoms. The van der Waals surface area contributed by atoms with Gasteiger partial charge in [-0.05, 0) is 25.3 Å². The van der Waals surface area contributed by atoms with Gasteiger partial charge in [-0.25, -0.2) is 0 Å². The number of nitrogens with two attached hydrogens (primary N) is 1. The van der Waals surface area contributed by atoms with Crippen LogP contribution in [0.4, 0.5) is 0 Å². The molecule has 0 aliphatic heterocycles. The van der Waals surface area contributed by atoms with Crippen LogP contribution in [0.2, 0.25) is 0 Å². The van der Waals surface area contributed by atoms with Crippen molar-refractivity contribution in [2.24, 2.45) is 11.7 Å². The van der Waals surface area contributed by atoms with Crippen LogP contribution in [-0.4, -0.2) is 10.5 Å². The van der Waals surface area contributed by atoms with E-state index >= 15 is 0 Å². The quantitative estimate of drug-likeness (QED) is 0.592. The van der Waals surface area contributed by atoms with Crippen LogP contribution in [0.5, 0.6) is 0 Å². The molecule has 2 N–H and O–H groups in total. The molecule has 0 saturated heterocycles. The van der Waals surface area contributed by atoms with E-state index in [1.54, 1.807) is 0 Å². The molecule has 0 radical (unpaired) electrons. The molecule has 0 aromatic carbocycles. The average molecular weight is 241 g/mol. The zero-order valence-corrected chi connectivity index (χ0v) is 8.39. The van der Waals surface area contributed by atoms with Crippen molar-refractivity contribution in [3.63, 3.8) is 0 Å². The number of rotatable bonds is 4. The second-order valence-electron chi connectivity index (χ2n) is 2.70. The smallest absolute Gasteiger partial charge is 0.00814 e. The monoisotopic (exact) mass is 241 g/mol. The van der Waals surface area contributed by atoms with Gasteiger partial charge >= 0.3 is 0 Å². The van der Waals surface area contributed by atoms with Crippen molar-refractivity contribution >= 4 is 22.6 Å². The predicted molar refractivity (Wildman–Crippen MR) is 50.9 cm³/mol. The number of hydrogen-bond acceptors (Lipinski definition) is 1. The third kappa shape index (κ3) is 6.58. The third-order valence-electron chi connectivity index (χ3n) is 1.46. The Kier molecular flexibility index (Phi) is 5.89. The molecule has 0 bridgehead atoms. The van der Waals surface area contributed by atoms with E-state index < -0.39 is 0 Å². The molecule has 2 atom stereocenters. The van der Waals surface area contributed by atoms with Gasteiger partial charge in [-0.1, -0.05) is 36.4 Å². The first-order valence-corrected chi connectivity index (χ1v) is 4.75. The van der Waals surface area contributed by atoms with Gasteiger partial charge in [0.1, 0.15) is 0 Å². The van der Waals surface area contributed by atoms with Gasteiger partial charge in [-0.3, -0.25) is 0 Å². The molecule has 0 saturated carbocycles. The summed E-state index contributed by atoms with van der Waals surface area (Å²) in [4.78, 5) is 0. The van der Waals surface area contributed by atoms with Gasteiger partial charge in [0.25, 0.3) is 0 Å². The Hall–Kier alpha value is 0.690. The van der Waals surface area contributed by atoms with Crippen LogP contribution >= 0.6 is 22.6 Å². The number of hydrogen-bond donors (Lipinski definition) is 1. The lowest BCUT2D eigenvalue weighted by Crippen LogP contribution is -2.11. The topological polar surface area (TPSA) is 26.0 Å². The molecule has 0 aliphatic rings. The van der Waals surface area contributed by atoms with E-state index in [1.807, 2.05) is 0 Å². The molecular formula is C7H16IN. The van der Waals surface area contributed by atoms with Gasteiger partial charge in [-0.2, -0.15) is 0 Å². The Morgan fingerprint density at radius 3 is 2.22 bits per heavy atom. The average Bonchev–Trinajstić information content (AvgIpc) is 1.83. The summed E-state index contributed by atoms with van der Waals surface area (Å²) in [5.74, 6) is 0.710. The van der Waals surface area contributed by atoms with E-state index in [1.165, 1.54) is 12.8 Å². The van der Waals surface area contributed by atoms with Crippen LogP contribution < -0.4 is 5.73 Å². The summed E-state index contributed by atoms with van der Waals surface area (Å²) in [5, 5.41) is 0. The maximum atomic E-state index is 5.46. The maximum Gasteiger partial charge on any atom is 0.00814 e. The SMILES string of the molecule is CC(I)CCC(C)CN. The fraction of sp³-hybridized carbons (Fsp3) is 1.00. The Morgan fingerprint density at radius 1 is 1.33 bits per heavy atom. The van der Waals surface area contributed by atoms with Crippen molar-refractivity contribution in [2.45, 2.75) is 30.6 Å². The minimum atomic E-state index is 0.710. The number of halogens is 1. The van der Waals surface area contributed by atoms with Crippen molar-refractivity contribution in [3.05, 3.63) is 0 Å². The molecule has 0 spiro atoms. The highest BCUT2D eigenvalue weighted by atomic mass is 127. The molecule has 0 heterocycles. The second-order valence-corrected chi connectivity index (χ2v) is 4.83. The minimum absolute atomic E-state index is 0.710. The van der Waals surface area contributed by atoms with Crippen LogP contribution in [0.25, 0.3) is 0 Å². The summed E-state index contributed by atoms with van der Waals surface area (Å²) >= 11 is 2.45. The van der Waals surface area contributed by atoms with E-state index in [2.05, 4.69) is 36.4 Å². The van der Waals surface area contributed by atoms with E-state index in [4.69, 9.17) is 5.73 Å². The van der Waals surface area contributed by atoms with Crippen LogP contribution in [0.3, 0.4) is 0 Å². The summed E-state index contributed by atoms with van der Waals surface area (Å²) in [7, 11) is 0. The zero-order valence-electron chi connectivity index (χ0n) is 6.23. The lowest BCUT2D eigenvalue weighted by atomic mass is 10.1. The van der Waals surface area contributed by atoms with Crippen LogP contribution in [0.15, 0.2) is 0 Å². The van der Waals surface area contributed by atoms with Gasteiger partial charge in [0.2, 0.25) is 0 Å². The van der Waals surface area contributed by atoms with Crippen LogP contribution in [0, 0.1) is 5.92 Å². The van der Waals surface area contributed by atoms with Crippen molar-refractivity contribution < 1.29 is 0 Å². The first kappa shape index (κ1) is 9.69. The highest BCUT2D eigenvalue weighted by molar-refractivity contribution is 14.1. The molecule has 56 valence electrons. The van der Waals surface area contributed by atoms with Gasteiger partial charge < -0.3 is 5.73 Å². The van der Waals surface area contributed by atoms with Gasteiger partial charge in [0, 0.05) is 3.92 Å². The Balaban J connectivity index is 3.06. The standard InChI is InChI=1S/C7H16IN/c1-6(5-9)3-4-7(2)8/h6-7H,3-5,9H2,1-2H3. The summed E-state index contributed by atoms with van der Waals surface area (Å²) in [6.45, 7) is 5.28. The van der Waals surface area contributed by atoms with Gasteiger partial charge in [-0.15, -0.1) is 0 Å². The highest BCUT2D eigenvalue weighted by Gasteiger charge is 2.00. The molecule has 9 heavy (non-hydrogen) atoms. The lowest BCUT2D eigenvalue weighted by molar-refractivity contribution is 0.524. The normalized spacial score (nSPS) is 17.3. The Labute approximate surface area is 71.5 Å². The maximum absolute atomic E-state index is 5.46. The van der Waals surface area contributed by atoms with Crippen molar-refractivity contribution in [1.82, 2.24) is 0 Å². The minimum Gasteiger partial charge on any atom is -0.330 e. The summed E-state index contributed by atoms with van der Waals surface area (Å²) in [6.07, 6.45) is 2.58. The lowest BCUT2D eigenvalue weighted by Gasteiger charge is -2.08. The predicted octanol–water partition coefficient (Wildman–Crippen LogP) is 2.18. The fourth-order valence-corrected chi connectivity index (χ4v) is 0.992. The van der Waals surface area contributed by atoms with Crippen molar-refractivity contribution in [2.75, 3.05) is 6.54 Å². The molecule has 0 amide bonds. The van der Waals surface area contributed by atoms with E-state index in [-0.39, 0.29) is 0 Å². The van der Waals surface area contributed by atoms with E-state index in [9.17, 15) is 0 Å². The fourth-order valence-electron chi connectivity index (χ4n) is 0.632. The summed E-state index contributed by atoms with van der Waals surface area (Å²) < 4.78 is 0.802. The van der Waals surface area contributed by atoms with Crippen molar-refractivity contribution in [1.29, 1.82) is 0 Å². The largest absolute Gasteiger partial charge is 0.330 e. The highest BCUT2D eigenvalue weighted by Crippen LogP contribution is 2.11. The van der Waals surface area contributed by atoms with E-state index in [0.717, 1.165) is 10.5 Å². The molecule has 2 unspecified atom stereocenters.